The van der Waals surface area contributed by atoms with Gasteiger partial charge in [0.15, 0.2) is 0 Å². The van der Waals surface area contributed by atoms with E-state index in [9.17, 15) is 14.4 Å². The molecule has 1 aromatic heterocycles. The quantitative estimate of drug-likeness (QED) is 0.510. The molecule has 0 N–H and O–H groups in total. The molecule has 0 saturated carbocycles. The zero-order valence-electron chi connectivity index (χ0n) is 12.1. The molecule has 1 heterocycles. The summed E-state index contributed by atoms with van der Waals surface area (Å²) in [4.78, 5) is 33.2. The van der Waals surface area contributed by atoms with E-state index < -0.39 is 17.9 Å². The molecule has 0 aliphatic heterocycles. The van der Waals surface area contributed by atoms with E-state index in [1.165, 1.54) is 18.5 Å². The van der Waals surface area contributed by atoms with Gasteiger partial charge in [-0.3, -0.25) is 14.4 Å². The molecule has 0 fully saturated rings. The van der Waals surface area contributed by atoms with Gasteiger partial charge in [0.25, 0.3) is 0 Å². The van der Waals surface area contributed by atoms with Crippen LogP contribution < -0.4 is 0 Å². The number of carbonyl (C=O) groups excluding carboxylic acids is 3. The normalized spacial score (nSPS) is 10.0. The van der Waals surface area contributed by atoms with E-state index in [1.807, 2.05) is 0 Å². The van der Waals surface area contributed by atoms with Crippen LogP contribution in [0.1, 0.15) is 32.2 Å². The fourth-order valence-corrected chi connectivity index (χ4v) is 1.43. The highest BCUT2D eigenvalue weighted by atomic mass is 16.5. The maximum Gasteiger partial charge on any atom is 0.327 e. The minimum Gasteiger partial charge on any atom is -0.465 e. The lowest BCUT2D eigenvalue weighted by Crippen LogP contribution is -2.18. The SMILES string of the molecule is CCOC(=O)Cn1nnc(COC(C)=O)c1COC(C)=O. The van der Waals surface area contributed by atoms with Crippen LogP contribution in [0.25, 0.3) is 0 Å². The van der Waals surface area contributed by atoms with Crippen molar-refractivity contribution in [1.29, 1.82) is 0 Å². The van der Waals surface area contributed by atoms with Crippen LogP contribution in [0.5, 0.6) is 0 Å². The molecule has 21 heavy (non-hydrogen) atoms. The third kappa shape index (κ3) is 5.59. The second-order valence-corrected chi connectivity index (χ2v) is 4.01. The Morgan fingerprint density at radius 1 is 1.05 bits per heavy atom. The predicted molar refractivity (Wildman–Crippen MR) is 67.6 cm³/mol. The van der Waals surface area contributed by atoms with Gasteiger partial charge in [-0.25, -0.2) is 4.68 Å². The van der Waals surface area contributed by atoms with Crippen LogP contribution >= 0.6 is 0 Å². The standard InChI is InChI=1S/C12H17N3O6/c1-4-19-12(18)5-15-11(7-21-9(3)17)10(13-14-15)6-20-8(2)16/h4-7H2,1-3H3. The summed E-state index contributed by atoms with van der Waals surface area (Å²) >= 11 is 0. The number of carbonyl (C=O) groups is 3. The molecular weight excluding hydrogens is 282 g/mol. The molecule has 0 aliphatic carbocycles. The monoisotopic (exact) mass is 299 g/mol. The number of hydrogen-bond acceptors (Lipinski definition) is 8. The van der Waals surface area contributed by atoms with Crippen molar-refractivity contribution in [2.24, 2.45) is 0 Å². The molecule has 0 atom stereocenters. The van der Waals surface area contributed by atoms with Crippen molar-refractivity contribution < 1.29 is 28.6 Å². The number of esters is 3. The number of rotatable bonds is 7. The first kappa shape index (κ1) is 16.6. The third-order valence-corrected chi connectivity index (χ3v) is 2.33. The van der Waals surface area contributed by atoms with E-state index in [2.05, 4.69) is 10.3 Å². The third-order valence-electron chi connectivity index (χ3n) is 2.33. The number of nitrogens with zero attached hydrogens (tertiary/aromatic N) is 3. The zero-order valence-corrected chi connectivity index (χ0v) is 12.1. The van der Waals surface area contributed by atoms with E-state index in [1.54, 1.807) is 6.92 Å². The van der Waals surface area contributed by atoms with Crippen LogP contribution in [0.15, 0.2) is 0 Å². The summed E-state index contributed by atoms with van der Waals surface area (Å²) < 4.78 is 15.8. The highest BCUT2D eigenvalue weighted by molar-refractivity contribution is 5.69. The summed E-state index contributed by atoms with van der Waals surface area (Å²) in [5, 5.41) is 7.59. The van der Waals surface area contributed by atoms with Gasteiger partial charge in [-0.1, -0.05) is 5.21 Å². The van der Waals surface area contributed by atoms with Gasteiger partial charge in [0.2, 0.25) is 0 Å². The average Bonchev–Trinajstić information content (AvgIpc) is 2.76. The molecule has 0 aromatic carbocycles. The Balaban J connectivity index is 2.87. The number of ether oxygens (including phenoxy) is 3. The van der Waals surface area contributed by atoms with Crippen LogP contribution in [-0.2, 0) is 48.4 Å². The first-order valence-corrected chi connectivity index (χ1v) is 6.27. The largest absolute Gasteiger partial charge is 0.465 e. The smallest absolute Gasteiger partial charge is 0.327 e. The fraction of sp³-hybridized carbons (Fsp3) is 0.583. The van der Waals surface area contributed by atoms with Gasteiger partial charge in [-0.05, 0) is 6.92 Å². The molecule has 9 nitrogen and oxygen atoms in total. The summed E-state index contributed by atoms with van der Waals surface area (Å²) in [7, 11) is 0. The van der Waals surface area contributed by atoms with Gasteiger partial charge in [-0.15, -0.1) is 5.10 Å². The molecule has 0 unspecified atom stereocenters. The molecule has 116 valence electrons. The van der Waals surface area contributed by atoms with Crippen molar-refractivity contribution in [1.82, 2.24) is 15.0 Å². The molecule has 0 bridgehead atoms. The summed E-state index contributed by atoms with van der Waals surface area (Å²) in [5.41, 5.74) is 0.690. The van der Waals surface area contributed by atoms with Gasteiger partial charge in [-0.2, -0.15) is 0 Å². The Morgan fingerprint density at radius 3 is 2.24 bits per heavy atom. The minimum absolute atomic E-state index is 0.116. The summed E-state index contributed by atoms with van der Waals surface area (Å²) in [6.07, 6.45) is 0. The average molecular weight is 299 g/mol. The Labute approximate surface area is 121 Å². The van der Waals surface area contributed by atoms with Crippen LogP contribution in [0.2, 0.25) is 0 Å². The molecule has 0 radical (unpaired) electrons. The molecule has 1 rings (SSSR count). The van der Waals surface area contributed by atoms with Crippen molar-refractivity contribution in [3.8, 4) is 0 Å². The highest BCUT2D eigenvalue weighted by Crippen LogP contribution is 2.10. The van der Waals surface area contributed by atoms with Crippen LogP contribution in [0, 0.1) is 0 Å². The number of aromatic nitrogens is 3. The first-order valence-electron chi connectivity index (χ1n) is 6.27. The van der Waals surface area contributed by atoms with Crippen molar-refractivity contribution in [2.75, 3.05) is 6.61 Å². The molecule has 0 saturated heterocycles. The van der Waals surface area contributed by atoms with Crippen molar-refractivity contribution in [3.63, 3.8) is 0 Å². The van der Waals surface area contributed by atoms with Crippen LogP contribution in [0.4, 0.5) is 0 Å². The van der Waals surface area contributed by atoms with E-state index in [0.29, 0.717) is 11.4 Å². The van der Waals surface area contributed by atoms with E-state index >= 15 is 0 Å². The topological polar surface area (TPSA) is 110 Å². The molecular formula is C12H17N3O6. The maximum atomic E-state index is 11.5. The zero-order chi connectivity index (χ0) is 15.8. The summed E-state index contributed by atoms with van der Waals surface area (Å²) in [5.74, 6) is -1.46. The molecule has 1 aromatic rings. The first-order chi connectivity index (χ1) is 9.93. The lowest BCUT2D eigenvalue weighted by atomic mass is 10.3. The van der Waals surface area contributed by atoms with Crippen molar-refractivity contribution in [3.05, 3.63) is 11.4 Å². The Morgan fingerprint density at radius 2 is 1.67 bits per heavy atom. The van der Waals surface area contributed by atoms with Crippen LogP contribution in [-0.4, -0.2) is 39.5 Å². The number of hydrogen-bond donors (Lipinski definition) is 0. The Bertz CT molecular complexity index is 525. The Kier molecular flexibility index (Phi) is 6.31. The maximum absolute atomic E-state index is 11.5. The summed E-state index contributed by atoms with van der Waals surface area (Å²) in [6.45, 7) is 4.03. The lowest BCUT2D eigenvalue weighted by Gasteiger charge is -2.08. The predicted octanol–water partition coefficient (Wildman–Crippen LogP) is -0.0326. The molecule has 0 amide bonds. The van der Waals surface area contributed by atoms with Crippen LogP contribution in [0.3, 0.4) is 0 Å². The van der Waals surface area contributed by atoms with Crippen molar-refractivity contribution in [2.45, 2.75) is 40.5 Å². The minimum atomic E-state index is -0.495. The lowest BCUT2D eigenvalue weighted by molar-refractivity contribution is -0.145. The Hall–Kier alpha value is -2.45. The summed E-state index contributed by atoms with van der Waals surface area (Å²) in [6, 6.07) is 0. The van der Waals surface area contributed by atoms with Crippen molar-refractivity contribution >= 4 is 17.9 Å². The van der Waals surface area contributed by atoms with Gasteiger partial charge in [0.1, 0.15) is 31.1 Å². The molecule has 0 aliphatic rings. The van der Waals surface area contributed by atoms with Gasteiger partial charge >= 0.3 is 17.9 Å². The second-order valence-electron chi connectivity index (χ2n) is 4.01. The molecule has 9 heteroatoms. The van der Waals surface area contributed by atoms with E-state index in [0.717, 1.165) is 0 Å². The second kappa shape index (κ2) is 7.98. The highest BCUT2D eigenvalue weighted by Gasteiger charge is 2.17. The van der Waals surface area contributed by atoms with E-state index in [-0.39, 0.29) is 26.4 Å². The van der Waals surface area contributed by atoms with E-state index in [4.69, 9.17) is 14.2 Å². The van der Waals surface area contributed by atoms with Gasteiger partial charge in [0.05, 0.1) is 6.61 Å². The molecule has 0 spiro atoms. The fourth-order valence-electron chi connectivity index (χ4n) is 1.43. The van der Waals surface area contributed by atoms with Gasteiger partial charge in [0, 0.05) is 13.8 Å². The van der Waals surface area contributed by atoms with Gasteiger partial charge < -0.3 is 14.2 Å².